The molecule has 0 aliphatic carbocycles. The van der Waals surface area contributed by atoms with Gasteiger partial charge in [0.15, 0.2) is 0 Å². The highest BCUT2D eigenvalue weighted by Crippen LogP contribution is 2.23. The minimum Gasteiger partial charge on any atom is -0.406 e. The van der Waals surface area contributed by atoms with Crippen LogP contribution >= 0.6 is 0 Å². The minimum atomic E-state index is -4.70. The Morgan fingerprint density at radius 1 is 1.44 bits per heavy atom. The van der Waals surface area contributed by atoms with Gasteiger partial charge in [-0.3, -0.25) is 4.79 Å². The van der Waals surface area contributed by atoms with E-state index in [1.54, 1.807) is 6.07 Å². The monoisotopic (exact) mass is 233 g/mol. The summed E-state index contributed by atoms with van der Waals surface area (Å²) in [7, 11) is 0. The van der Waals surface area contributed by atoms with Crippen LogP contribution in [-0.2, 0) is 11.3 Å². The van der Waals surface area contributed by atoms with Gasteiger partial charge in [0.25, 0.3) is 0 Å². The Morgan fingerprint density at radius 2 is 2.12 bits per heavy atom. The zero-order valence-corrected chi connectivity index (χ0v) is 8.47. The second-order valence-electron chi connectivity index (χ2n) is 3.10. The van der Waals surface area contributed by atoms with Crippen molar-refractivity contribution in [2.75, 3.05) is 0 Å². The molecule has 16 heavy (non-hydrogen) atoms. The number of hydrogen-bond acceptors (Lipinski definition) is 2. The normalized spacial score (nSPS) is 11.0. The number of halogens is 3. The fourth-order valence-electron chi connectivity index (χ4n) is 1.08. The van der Waals surface area contributed by atoms with Crippen molar-refractivity contribution in [2.24, 2.45) is 0 Å². The van der Waals surface area contributed by atoms with Crippen LogP contribution in [0.15, 0.2) is 24.3 Å². The Labute approximate surface area is 90.2 Å². The molecule has 0 fully saturated rings. The molecule has 0 aromatic heterocycles. The molecule has 1 rings (SSSR count). The van der Waals surface area contributed by atoms with Gasteiger partial charge in [-0.05, 0) is 17.7 Å². The predicted octanol–water partition coefficient (Wildman–Crippen LogP) is 2.22. The summed E-state index contributed by atoms with van der Waals surface area (Å²) in [4.78, 5) is 10.6. The first-order valence-corrected chi connectivity index (χ1v) is 4.46. The lowest BCUT2D eigenvalue weighted by molar-refractivity contribution is -0.274. The average molecular weight is 233 g/mol. The lowest BCUT2D eigenvalue weighted by atomic mass is 10.2. The maximum atomic E-state index is 11.9. The molecule has 0 spiro atoms. The number of benzene rings is 1. The van der Waals surface area contributed by atoms with Crippen LogP contribution in [0, 0.1) is 0 Å². The first-order valence-electron chi connectivity index (χ1n) is 4.46. The smallest absolute Gasteiger partial charge is 0.406 e. The number of hydrogen-bond donors (Lipinski definition) is 1. The van der Waals surface area contributed by atoms with E-state index in [1.807, 2.05) is 0 Å². The Balaban J connectivity index is 2.67. The van der Waals surface area contributed by atoms with Crippen LogP contribution in [0.2, 0.25) is 0 Å². The average Bonchev–Trinajstić information content (AvgIpc) is 2.12. The number of rotatable bonds is 3. The Hall–Kier alpha value is -1.72. The number of carbonyl (C=O) groups is 1. The fourth-order valence-corrected chi connectivity index (χ4v) is 1.08. The highest BCUT2D eigenvalue weighted by Gasteiger charge is 2.31. The topological polar surface area (TPSA) is 38.3 Å². The van der Waals surface area contributed by atoms with E-state index in [0.29, 0.717) is 5.56 Å². The van der Waals surface area contributed by atoms with Gasteiger partial charge >= 0.3 is 6.36 Å². The maximum absolute atomic E-state index is 11.9. The van der Waals surface area contributed by atoms with Gasteiger partial charge in [-0.2, -0.15) is 0 Å². The fraction of sp³-hybridized carbons (Fsp3) is 0.300. The van der Waals surface area contributed by atoms with Crippen LogP contribution in [-0.4, -0.2) is 12.3 Å². The summed E-state index contributed by atoms with van der Waals surface area (Å²) in [5.74, 6) is -0.544. The maximum Gasteiger partial charge on any atom is 0.573 e. The third-order valence-corrected chi connectivity index (χ3v) is 1.67. The second kappa shape index (κ2) is 4.87. The van der Waals surface area contributed by atoms with Crippen LogP contribution in [0.4, 0.5) is 13.2 Å². The lowest BCUT2D eigenvalue weighted by Gasteiger charge is -2.10. The van der Waals surface area contributed by atoms with Crippen molar-refractivity contribution in [2.45, 2.75) is 19.8 Å². The molecule has 0 unspecified atom stereocenters. The number of nitrogens with one attached hydrogen (secondary N) is 1. The van der Waals surface area contributed by atoms with E-state index in [1.165, 1.54) is 25.1 Å². The number of carbonyl (C=O) groups excluding carboxylic acids is 1. The SMILES string of the molecule is CC(=O)NCc1cccc(OC(F)(F)F)c1. The molecule has 0 radical (unpaired) electrons. The standard InChI is InChI=1S/C10H10F3NO2/c1-7(15)14-6-8-3-2-4-9(5-8)16-10(11,12)13/h2-5H,6H2,1H3,(H,14,15). The van der Waals surface area contributed by atoms with Crippen molar-refractivity contribution < 1.29 is 22.7 Å². The molecule has 0 saturated carbocycles. The van der Waals surface area contributed by atoms with Crippen molar-refractivity contribution in [3.05, 3.63) is 29.8 Å². The zero-order valence-electron chi connectivity index (χ0n) is 8.47. The molecule has 0 bridgehead atoms. The molecular formula is C10H10F3NO2. The first kappa shape index (κ1) is 12.4. The number of ether oxygens (including phenoxy) is 1. The molecule has 88 valence electrons. The first-order chi connectivity index (χ1) is 7.37. The molecule has 1 aromatic carbocycles. The highest BCUT2D eigenvalue weighted by molar-refractivity contribution is 5.72. The third kappa shape index (κ3) is 4.68. The molecule has 0 saturated heterocycles. The molecule has 1 N–H and O–H groups in total. The van der Waals surface area contributed by atoms with E-state index in [9.17, 15) is 18.0 Å². The van der Waals surface area contributed by atoms with Crippen LogP contribution < -0.4 is 10.1 Å². The number of alkyl halides is 3. The summed E-state index contributed by atoms with van der Waals surface area (Å²) in [5.41, 5.74) is 0.539. The van der Waals surface area contributed by atoms with Gasteiger partial charge in [-0.25, -0.2) is 0 Å². The van der Waals surface area contributed by atoms with Crippen molar-refractivity contribution in [3.8, 4) is 5.75 Å². The van der Waals surface area contributed by atoms with Crippen molar-refractivity contribution >= 4 is 5.91 Å². The summed E-state index contributed by atoms with van der Waals surface area (Å²) >= 11 is 0. The number of amides is 1. The summed E-state index contributed by atoms with van der Waals surface area (Å²) < 4.78 is 39.4. The Kier molecular flexibility index (Phi) is 3.76. The molecule has 0 atom stereocenters. The largest absolute Gasteiger partial charge is 0.573 e. The summed E-state index contributed by atoms with van der Waals surface area (Å²) in [6.45, 7) is 1.50. The molecule has 0 aliphatic rings. The molecular weight excluding hydrogens is 223 g/mol. The van der Waals surface area contributed by atoms with Crippen LogP contribution in [0.5, 0.6) is 5.75 Å². The van der Waals surface area contributed by atoms with Gasteiger partial charge in [0, 0.05) is 13.5 Å². The zero-order chi connectivity index (χ0) is 12.2. The quantitative estimate of drug-likeness (QED) is 0.869. The van der Waals surface area contributed by atoms with Gasteiger partial charge < -0.3 is 10.1 Å². The molecule has 0 aliphatic heterocycles. The van der Waals surface area contributed by atoms with Crippen LogP contribution in [0.3, 0.4) is 0 Å². The van der Waals surface area contributed by atoms with Crippen LogP contribution in [0.1, 0.15) is 12.5 Å². The van der Waals surface area contributed by atoms with E-state index in [0.717, 1.165) is 0 Å². The molecule has 3 nitrogen and oxygen atoms in total. The van der Waals surface area contributed by atoms with E-state index in [2.05, 4.69) is 10.1 Å². The van der Waals surface area contributed by atoms with Gasteiger partial charge in [-0.15, -0.1) is 13.2 Å². The Bertz CT molecular complexity index is 377. The highest BCUT2D eigenvalue weighted by atomic mass is 19.4. The lowest BCUT2D eigenvalue weighted by Crippen LogP contribution is -2.19. The Morgan fingerprint density at radius 3 is 2.69 bits per heavy atom. The van der Waals surface area contributed by atoms with Gasteiger partial charge in [0.1, 0.15) is 5.75 Å². The summed E-state index contributed by atoms with van der Waals surface area (Å²) in [5, 5.41) is 2.48. The molecule has 1 aromatic rings. The van der Waals surface area contributed by atoms with Crippen molar-refractivity contribution in [1.82, 2.24) is 5.32 Å². The van der Waals surface area contributed by atoms with Gasteiger partial charge in [0.05, 0.1) is 0 Å². The summed E-state index contributed by atoms with van der Waals surface area (Å²) in [6, 6.07) is 5.45. The third-order valence-electron chi connectivity index (χ3n) is 1.67. The van der Waals surface area contributed by atoms with Gasteiger partial charge in [-0.1, -0.05) is 12.1 Å². The van der Waals surface area contributed by atoms with Gasteiger partial charge in [0.2, 0.25) is 5.91 Å². The molecule has 6 heteroatoms. The summed E-state index contributed by atoms with van der Waals surface area (Å²) in [6.07, 6.45) is -4.70. The predicted molar refractivity (Wildman–Crippen MR) is 50.6 cm³/mol. The molecule has 1 amide bonds. The van der Waals surface area contributed by atoms with E-state index < -0.39 is 6.36 Å². The van der Waals surface area contributed by atoms with E-state index >= 15 is 0 Å². The van der Waals surface area contributed by atoms with Crippen molar-refractivity contribution in [3.63, 3.8) is 0 Å². The van der Waals surface area contributed by atoms with E-state index in [4.69, 9.17) is 0 Å². The van der Waals surface area contributed by atoms with E-state index in [-0.39, 0.29) is 18.2 Å². The van der Waals surface area contributed by atoms with Crippen molar-refractivity contribution in [1.29, 1.82) is 0 Å². The molecule has 0 heterocycles. The van der Waals surface area contributed by atoms with Crippen LogP contribution in [0.25, 0.3) is 0 Å². The minimum absolute atomic E-state index is 0.171. The second-order valence-corrected chi connectivity index (χ2v) is 3.10.